The van der Waals surface area contributed by atoms with E-state index in [1.807, 2.05) is 6.07 Å². The van der Waals surface area contributed by atoms with Gasteiger partial charge in [-0.2, -0.15) is 0 Å². The first-order valence-corrected chi connectivity index (χ1v) is 7.59. The first-order valence-electron chi connectivity index (χ1n) is 6.71. The highest BCUT2D eigenvalue weighted by molar-refractivity contribution is 7.10. The Bertz CT molecular complexity index is 560. The van der Waals surface area contributed by atoms with Crippen molar-refractivity contribution in [3.05, 3.63) is 45.5 Å². The van der Waals surface area contributed by atoms with Gasteiger partial charge in [0, 0.05) is 16.5 Å². The van der Waals surface area contributed by atoms with Crippen LogP contribution in [0.25, 0.3) is 0 Å². The molecule has 0 spiro atoms. The molecule has 1 unspecified atom stereocenters. The molecule has 0 fully saturated rings. The standard InChI is InChI=1S/C15H19NO3S/c1-3-5-12(13-6-4-7-20-13)16-9-11-8-10(2)14(19-11)15(17)18/h4,6-8,12,16H,3,5,9H2,1-2H3,(H,17,18). The van der Waals surface area contributed by atoms with Gasteiger partial charge in [0.1, 0.15) is 5.76 Å². The highest BCUT2D eigenvalue weighted by Crippen LogP contribution is 2.24. The van der Waals surface area contributed by atoms with Gasteiger partial charge in [0.15, 0.2) is 0 Å². The first-order chi connectivity index (χ1) is 9.61. The topological polar surface area (TPSA) is 62.5 Å². The second-order valence-corrected chi connectivity index (χ2v) is 5.75. The Balaban J connectivity index is 2.02. The smallest absolute Gasteiger partial charge is 0.372 e. The number of hydrogen-bond acceptors (Lipinski definition) is 4. The number of nitrogens with one attached hydrogen (secondary N) is 1. The van der Waals surface area contributed by atoms with E-state index in [0.717, 1.165) is 12.8 Å². The van der Waals surface area contributed by atoms with Crippen molar-refractivity contribution in [3.8, 4) is 0 Å². The lowest BCUT2D eigenvalue weighted by Crippen LogP contribution is -2.19. The summed E-state index contributed by atoms with van der Waals surface area (Å²) in [5.74, 6) is -0.320. The molecule has 20 heavy (non-hydrogen) atoms. The van der Waals surface area contributed by atoms with Gasteiger partial charge in [0.05, 0.1) is 6.54 Å². The Morgan fingerprint density at radius 3 is 2.90 bits per heavy atom. The first kappa shape index (κ1) is 14.8. The van der Waals surface area contributed by atoms with Crippen LogP contribution in [-0.4, -0.2) is 11.1 Å². The molecule has 0 aliphatic carbocycles. The van der Waals surface area contributed by atoms with Crippen LogP contribution < -0.4 is 5.32 Å². The van der Waals surface area contributed by atoms with E-state index in [-0.39, 0.29) is 5.76 Å². The molecule has 0 saturated heterocycles. The van der Waals surface area contributed by atoms with Gasteiger partial charge in [-0.1, -0.05) is 19.4 Å². The lowest BCUT2D eigenvalue weighted by molar-refractivity contribution is 0.0659. The van der Waals surface area contributed by atoms with Gasteiger partial charge < -0.3 is 14.8 Å². The van der Waals surface area contributed by atoms with E-state index in [0.29, 0.717) is 23.9 Å². The normalized spacial score (nSPS) is 12.5. The predicted octanol–water partition coefficient (Wildman–Crippen LogP) is 3.98. The number of aromatic carboxylic acids is 1. The van der Waals surface area contributed by atoms with Gasteiger partial charge in [0.2, 0.25) is 5.76 Å². The van der Waals surface area contributed by atoms with Gasteiger partial charge in [0.25, 0.3) is 0 Å². The van der Waals surface area contributed by atoms with Crippen molar-refractivity contribution in [3.63, 3.8) is 0 Å². The van der Waals surface area contributed by atoms with Crippen molar-refractivity contribution in [2.24, 2.45) is 0 Å². The molecule has 0 radical (unpaired) electrons. The third-order valence-electron chi connectivity index (χ3n) is 3.15. The minimum absolute atomic E-state index is 0.0324. The van der Waals surface area contributed by atoms with E-state index >= 15 is 0 Å². The number of carboxylic acids is 1. The summed E-state index contributed by atoms with van der Waals surface area (Å²) in [4.78, 5) is 12.2. The SMILES string of the molecule is CCCC(NCc1cc(C)c(C(=O)O)o1)c1cccs1. The third-order valence-corrected chi connectivity index (χ3v) is 4.14. The predicted molar refractivity (Wildman–Crippen MR) is 79.2 cm³/mol. The van der Waals surface area contributed by atoms with Crippen molar-refractivity contribution >= 4 is 17.3 Å². The zero-order valence-electron chi connectivity index (χ0n) is 11.7. The summed E-state index contributed by atoms with van der Waals surface area (Å²) in [7, 11) is 0. The van der Waals surface area contributed by atoms with Gasteiger partial charge in [-0.15, -0.1) is 11.3 Å². The summed E-state index contributed by atoms with van der Waals surface area (Å²) in [6.07, 6.45) is 2.14. The highest BCUT2D eigenvalue weighted by atomic mass is 32.1. The van der Waals surface area contributed by atoms with Gasteiger partial charge in [-0.3, -0.25) is 0 Å². The maximum atomic E-state index is 10.9. The number of hydrogen-bond donors (Lipinski definition) is 2. The third kappa shape index (κ3) is 3.49. The summed E-state index contributed by atoms with van der Waals surface area (Å²) in [6, 6.07) is 6.24. The van der Waals surface area contributed by atoms with Crippen molar-refractivity contribution in [1.29, 1.82) is 0 Å². The zero-order valence-corrected chi connectivity index (χ0v) is 12.5. The average molecular weight is 293 g/mol. The van der Waals surface area contributed by atoms with Crippen LogP contribution in [0.4, 0.5) is 0 Å². The van der Waals surface area contributed by atoms with Crippen LogP contribution in [0, 0.1) is 6.92 Å². The number of aryl methyl sites for hydroxylation is 1. The van der Waals surface area contributed by atoms with Crippen molar-refractivity contribution in [2.45, 2.75) is 39.3 Å². The van der Waals surface area contributed by atoms with Crippen LogP contribution in [0.1, 0.15) is 52.6 Å². The van der Waals surface area contributed by atoms with E-state index in [1.165, 1.54) is 4.88 Å². The lowest BCUT2D eigenvalue weighted by Gasteiger charge is -2.15. The van der Waals surface area contributed by atoms with Crippen molar-refractivity contribution in [1.82, 2.24) is 5.32 Å². The van der Waals surface area contributed by atoms with E-state index < -0.39 is 5.97 Å². The molecule has 0 bridgehead atoms. The van der Waals surface area contributed by atoms with Crippen LogP contribution in [0.2, 0.25) is 0 Å². The second-order valence-electron chi connectivity index (χ2n) is 4.77. The molecule has 0 saturated carbocycles. The highest BCUT2D eigenvalue weighted by Gasteiger charge is 2.16. The molecule has 108 valence electrons. The summed E-state index contributed by atoms with van der Waals surface area (Å²) in [6.45, 7) is 4.44. The second kappa shape index (κ2) is 6.72. The van der Waals surface area contributed by atoms with Crippen molar-refractivity contribution in [2.75, 3.05) is 0 Å². The van der Waals surface area contributed by atoms with Crippen LogP contribution in [-0.2, 0) is 6.54 Å². The number of rotatable bonds is 7. The molecule has 0 aromatic carbocycles. The Labute approximate surface area is 122 Å². The number of furan rings is 1. The molecule has 4 nitrogen and oxygen atoms in total. The minimum Gasteiger partial charge on any atom is -0.475 e. The zero-order chi connectivity index (χ0) is 14.5. The fraction of sp³-hybridized carbons (Fsp3) is 0.400. The van der Waals surface area contributed by atoms with Crippen LogP contribution in [0.5, 0.6) is 0 Å². The van der Waals surface area contributed by atoms with Gasteiger partial charge in [-0.25, -0.2) is 4.79 Å². The molecule has 2 aromatic heterocycles. The molecule has 0 aliphatic rings. The fourth-order valence-corrected chi connectivity index (χ4v) is 3.03. The summed E-state index contributed by atoms with van der Waals surface area (Å²) < 4.78 is 5.36. The number of carboxylic acid groups (broad SMARTS) is 1. The Hall–Kier alpha value is -1.59. The molecule has 0 aliphatic heterocycles. The average Bonchev–Trinajstić information content (AvgIpc) is 3.03. The quantitative estimate of drug-likeness (QED) is 0.810. The van der Waals surface area contributed by atoms with Crippen LogP contribution >= 0.6 is 11.3 Å². The van der Waals surface area contributed by atoms with E-state index in [1.54, 1.807) is 24.3 Å². The van der Waals surface area contributed by atoms with E-state index in [9.17, 15) is 4.79 Å². The molecule has 1 atom stereocenters. The van der Waals surface area contributed by atoms with E-state index in [2.05, 4.69) is 23.7 Å². The number of carbonyl (C=O) groups is 1. The van der Waals surface area contributed by atoms with Gasteiger partial charge >= 0.3 is 5.97 Å². The monoisotopic (exact) mass is 293 g/mol. The summed E-state index contributed by atoms with van der Waals surface area (Å²) in [5, 5.41) is 14.5. The molecular formula is C15H19NO3S. The molecule has 2 aromatic rings. The maximum absolute atomic E-state index is 10.9. The summed E-state index contributed by atoms with van der Waals surface area (Å²) >= 11 is 1.73. The molecular weight excluding hydrogens is 274 g/mol. The summed E-state index contributed by atoms with van der Waals surface area (Å²) in [5.41, 5.74) is 0.664. The Kier molecular flexibility index (Phi) is 4.98. The Morgan fingerprint density at radius 1 is 1.55 bits per heavy atom. The fourth-order valence-electron chi connectivity index (χ4n) is 2.19. The lowest BCUT2D eigenvalue weighted by atomic mass is 10.1. The molecule has 5 heteroatoms. The van der Waals surface area contributed by atoms with Gasteiger partial charge in [-0.05, 0) is 30.9 Å². The largest absolute Gasteiger partial charge is 0.475 e. The molecule has 2 rings (SSSR count). The number of thiophene rings is 1. The minimum atomic E-state index is -1.02. The van der Waals surface area contributed by atoms with Crippen molar-refractivity contribution < 1.29 is 14.3 Å². The molecule has 2 N–H and O–H groups in total. The molecule has 0 amide bonds. The maximum Gasteiger partial charge on any atom is 0.372 e. The Morgan fingerprint density at radius 2 is 2.35 bits per heavy atom. The van der Waals surface area contributed by atoms with Crippen LogP contribution in [0.3, 0.4) is 0 Å². The molecule has 2 heterocycles. The van der Waals surface area contributed by atoms with Crippen LogP contribution in [0.15, 0.2) is 28.0 Å². The van der Waals surface area contributed by atoms with E-state index in [4.69, 9.17) is 9.52 Å².